The SMILES string of the molecule is C=CC(=O)N1CCC[C@H]1C(=O)N1CCC(c2cc3c(-c4cnn5ncccc45)ccnc3[nH]2)CC1. The molecule has 0 aromatic carbocycles. The van der Waals surface area contributed by atoms with E-state index in [1.165, 1.54) is 6.08 Å². The average molecular weight is 470 g/mol. The molecule has 0 aliphatic carbocycles. The summed E-state index contributed by atoms with van der Waals surface area (Å²) in [4.78, 5) is 37.0. The molecule has 0 spiro atoms. The van der Waals surface area contributed by atoms with Crippen molar-refractivity contribution in [2.75, 3.05) is 19.6 Å². The third-order valence-electron chi connectivity index (χ3n) is 7.39. The second-order valence-electron chi connectivity index (χ2n) is 9.30. The quantitative estimate of drug-likeness (QED) is 0.463. The number of amides is 2. The predicted octanol–water partition coefficient (Wildman–Crippen LogP) is 3.16. The van der Waals surface area contributed by atoms with E-state index in [1.54, 1.807) is 15.7 Å². The van der Waals surface area contributed by atoms with Crippen molar-refractivity contribution in [3.05, 3.63) is 61.2 Å². The fourth-order valence-electron chi connectivity index (χ4n) is 5.57. The molecule has 9 heteroatoms. The Balaban J connectivity index is 1.21. The molecule has 6 rings (SSSR count). The summed E-state index contributed by atoms with van der Waals surface area (Å²) in [5.41, 5.74) is 5.04. The number of piperidine rings is 1. The lowest BCUT2D eigenvalue weighted by Crippen LogP contribution is -2.49. The van der Waals surface area contributed by atoms with Gasteiger partial charge in [-0.05, 0) is 61.6 Å². The number of nitrogens with zero attached hydrogens (tertiary/aromatic N) is 6. The first-order valence-corrected chi connectivity index (χ1v) is 12.1. The van der Waals surface area contributed by atoms with Gasteiger partial charge in [0.1, 0.15) is 11.7 Å². The van der Waals surface area contributed by atoms with E-state index in [2.05, 4.69) is 32.8 Å². The molecular weight excluding hydrogens is 442 g/mol. The van der Waals surface area contributed by atoms with Crippen LogP contribution in [0.15, 0.2) is 55.5 Å². The van der Waals surface area contributed by atoms with Gasteiger partial charge < -0.3 is 14.8 Å². The molecule has 1 N–H and O–H groups in total. The fraction of sp³-hybridized carbons (Fsp3) is 0.346. The average Bonchev–Trinajstić information content (AvgIpc) is 3.65. The Hall–Kier alpha value is -4.01. The molecule has 2 saturated heterocycles. The van der Waals surface area contributed by atoms with E-state index in [0.717, 1.165) is 59.1 Å². The highest BCUT2D eigenvalue weighted by atomic mass is 16.2. The highest BCUT2D eigenvalue weighted by molar-refractivity contribution is 5.97. The Labute approximate surface area is 202 Å². The summed E-state index contributed by atoms with van der Waals surface area (Å²) in [6.45, 7) is 5.58. The van der Waals surface area contributed by atoms with Gasteiger partial charge >= 0.3 is 0 Å². The molecule has 2 aliphatic rings. The van der Waals surface area contributed by atoms with Gasteiger partial charge in [-0.2, -0.15) is 14.8 Å². The summed E-state index contributed by atoms with van der Waals surface area (Å²) in [5, 5.41) is 9.72. The largest absolute Gasteiger partial charge is 0.343 e. The maximum atomic E-state index is 13.2. The molecule has 6 heterocycles. The van der Waals surface area contributed by atoms with Crippen LogP contribution in [0.2, 0.25) is 0 Å². The topological polar surface area (TPSA) is 99.5 Å². The number of aromatic amines is 1. The van der Waals surface area contributed by atoms with Crippen molar-refractivity contribution in [3.63, 3.8) is 0 Å². The maximum absolute atomic E-state index is 13.2. The number of pyridine rings is 1. The summed E-state index contributed by atoms with van der Waals surface area (Å²) in [6, 6.07) is 7.78. The number of aromatic nitrogens is 5. The third kappa shape index (κ3) is 3.67. The zero-order valence-electron chi connectivity index (χ0n) is 19.4. The second kappa shape index (κ2) is 8.65. The second-order valence-corrected chi connectivity index (χ2v) is 9.30. The Bertz CT molecular complexity index is 1430. The van der Waals surface area contributed by atoms with Crippen molar-refractivity contribution in [2.24, 2.45) is 0 Å². The van der Waals surface area contributed by atoms with E-state index < -0.39 is 0 Å². The van der Waals surface area contributed by atoms with Gasteiger partial charge in [-0.1, -0.05) is 6.58 Å². The van der Waals surface area contributed by atoms with Crippen molar-refractivity contribution >= 4 is 28.4 Å². The van der Waals surface area contributed by atoms with Crippen molar-refractivity contribution in [1.29, 1.82) is 0 Å². The Morgan fingerprint density at radius 1 is 1.06 bits per heavy atom. The number of carbonyl (C=O) groups is 2. The van der Waals surface area contributed by atoms with Crippen molar-refractivity contribution in [1.82, 2.24) is 34.6 Å². The highest BCUT2D eigenvalue weighted by Gasteiger charge is 2.37. The Morgan fingerprint density at radius 2 is 1.91 bits per heavy atom. The van der Waals surface area contributed by atoms with Gasteiger partial charge in [0.2, 0.25) is 11.8 Å². The van der Waals surface area contributed by atoms with Gasteiger partial charge in [0.05, 0.1) is 11.7 Å². The number of H-pyrrole nitrogens is 1. The van der Waals surface area contributed by atoms with E-state index in [9.17, 15) is 9.59 Å². The van der Waals surface area contributed by atoms with Crippen LogP contribution in [0.5, 0.6) is 0 Å². The number of rotatable bonds is 4. The molecule has 178 valence electrons. The molecule has 35 heavy (non-hydrogen) atoms. The van der Waals surface area contributed by atoms with Crippen LogP contribution in [0.1, 0.15) is 37.3 Å². The number of hydrogen-bond donors (Lipinski definition) is 1. The molecule has 0 radical (unpaired) electrons. The molecule has 1 atom stereocenters. The van der Waals surface area contributed by atoms with E-state index >= 15 is 0 Å². The summed E-state index contributed by atoms with van der Waals surface area (Å²) < 4.78 is 1.63. The van der Waals surface area contributed by atoms with Crippen LogP contribution in [0.3, 0.4) is 0 Å². The number of fused-ring (bicyclic) bond motifs is 2. The van der Waals surface area contributed by atoms with Crippen LogP contribution in [0, 0.1) is 0 Å². The van der Waals surface area contributed by atoms with Crippen LogP contribution in [-0.4, -0.2) is 72.1 Å². The van der Waals surface area contributed by atoms with Gasteiger partial charge in [-0.3, -0.25) is 9.59 Å². The van der Waals surface area contributed by atoms with Crippen LogP contribution in [0.25, 0.3) is 27.7 Å². The van der Waals surface area contributed by atoms with E-state index in [0.29, 0.717) is 25.6 Å². The lowest BCUT2D eigenvalue weighted by molar-refractivity contribution is -0.142. The number of carbonyl (C=O) groups excluding carboxylic acids is 2. The number of nitrogens with one attached hydrogen (secondary N) is 1. The van der Waals surface area contributed by atoms with E-state index in [-0.39, 0.29) is 17.9 Å². The normalized spacial score (nSPS) is 19.0. The van der Waals surface area contributed by atoms with Crippen LogP contribution >= 0.6 is 0 Å². The van der Waals surface area contributed by atoms with E-state index in [4.69, 9.17) is 0 Å². The summed E-state index contributed by atoms with van der Waals surface area (Å²) in [6.07, 6.45) is 10.0. The molecule has 4 aromatic heterocycles. The van der Waals surface area contributed by atoms with Gasteiger partial charge in [0, 0.05) is 54.6 Å². The van der Waals surface area contributed by atoms with Crippen LogP contribution in [-0.2, 0) is 9.59 Å². The number of likely N-dealkylation sites (tertiary alicyclic amines) is 2. The predicted molar refractivity (Wildman–Crippen MR) is 132 cm³/mol. The van der Waals surface area contributed by atoms with Crippen molar-refractivity contribution in [2.45, 2.75) is 37.6 Å². The lowest BCUT2D eigenvalue weighted by Gasteiger charge is -2.35. The Morgan fingerprint density at radius 3 is 2.74 bits per heavy atom. The zero-order valence-corrected chi connectivity index (χ0v) is 19.4. The molecule has 4 aromatic rings. The van der Waals surface area contributed by atoms with E-state index in [1.807, 2.05) is 35.5 Å². The molecule has 2 fully saturated rings. The van der Waals surface area contributed by atoms with Gasteiger partial charge in [0.25, 0.3) is 0 Å². The first-order chi connectivity index (χ1) is 17.1. The molecule has 9 nitrogen and oxygen atoms in total. The standard InChI is InChI=1S/C26H27N7O2/c1-2-24(34)32-12-4-6-23(32)26(35)31-13-8-17(9-14-31)21-15-19-18(7-11-27-25(19)30-21)20-16-29-33-22(20)5-3-10-28-33/h2-3,5,7,10-11,15-17,23H,1,4,6,8-9,12-14H2,(H,27,30)/t23-/m0/s1. The Kier molecular flexibility index (Phi) is 5.32. The minimum atomic E-state index is -0.350. The zero-order chi connectivity index (χ0) is 23.9. The first-order valence-electron chi connectivity index (χ1n) is 12.1. The minimum Gasteiger partial charge on any atom is -0.343 e. The molecule has 0 bridgehead atoms. The van der Waals surface area contributed by atoms with Crippen molar-refractivity contribution < 1.29 is 9.59 Å². The van der Waals surface area contributed by atoms with Crippen LogP contribution < -0.4 is 0 Å². The molecule has 0 saturated carbocycles. The summed E-state index contributed by atoms with van der Waals surface area (Å²) >= 11 is 0. The summed E-state index contributed by atoms with van der Waals surface area (Å²) in [5.74, 6) is 0.235. The van der Waals surface area contributed by atoms with Gasteiger partial charge in [-0.15, -0.1) is 0 Å². The van der Waals surface area contributed by atoms with Gasteiger partial charge in [0.15, 0.2) is 0 Å². The molecule has 0 unspecified atom stereocenters. The molecule has 2 aliphatic heterocycles. The van der Waals surface area contributed by atoms with Crippen molar-refractivity contribution in [3.8, 4) is 11.1 Å². The maximum Gasteiger partial charge on any atom is 0.246 e. The lowest BCUT2D eigenvalue weighted by atomic mass is 9.92. The summed E-state index contributed by atoms with van der Waals surface area (Å²) in [7, 11) is 0. The molecule has 2 amide bonds. The van der Waals surface area contributed by atoms with Gasteiger partial charge in [-0.25, -0.2) is 4.98 Å². The minimum absolute atomic E-state index is 0.0680. The monoisotopic (exact) mass is 469 g/mol. The fourth-order valence-corrected chi connectivity index (χ4v) is 5.57. The first kappa shape index (κ1) is 21.5. The highest BCUT2D eigenvalue weighted by Crippen LogP contribution is 2.35. The van der Waals surface area contributed by atoms with Crippen LogP contribution in [0.4, 0.5) is 0 Å². The smallest absolute Gasteiger partial charge is 0.246 e. The third-order valence-corrected chi connectivity index (χ3v) is 7.39. The molecular formula is C26H27N7O2. The number of hydrogen-bond acceptors (Lipinski definition) is 5.